The molecule has 4 aromatic rings. The Morgan fingerprint density at radius 2 is 0.854 bits per heavy atom. The molecular weight excluding hydrogens is 596 g/mol. The van der Waals surface area contributed by atoms with E-state index in [0.29, 0.717) is 32.3 Å². The fourth-order valence-corrected chi connectivity index (χ4v) is 8.04. The molecule has 8 N–H and O–H groups in total. The van der Waals surface area contributed by atoms with Crippen LogP contribution in [0.3, 0.4) is 0 Å². The predicted octanol–water partition coefficient (Wildman–Crippen LogP) is 1.54. The van der Waals surface area contributed by atoms with Gasteiger partial charge in [-0.2, -0.15) is 0 Å². The van der Waals surface area contributed by atoms with Crippen LogP contribution < -0.4 is 19.9 Å². The van der Waals surface area contributed by atoms with Gasteiger partial charge in [-0.1, -0.05) is 24.3 Å². The van der Waals surface area contributed by atoms with E-state index in [1.54, 1.807) is 24.3 Å². The zero-order chi connectivity index (χ0) is 30.0. The maximum atomic E-state index is 12.8. The number of aliphatic hydroxyl groups excluding tert-OH is 3. The zero-order valence-electron chi connectivity index (χ0n) is 21.9. The summed E-state index contributed by atoms with van der Waals surface area (Å²) in [5.41, 5.74) is 6.86. The number of hydrogen-bond donors (Lipinski definition) is 7. The SMILES string of the molecule is Nc1cc(NS(=O)(=O)CCCO)c2ccc3c(NS(=O)(=O)CCCO)cc(NS(=O)(=O)CCCO)c4ccc1c2c43. The van der Waals surface area contributed by atoms with Crippen LogP contribution in [-0.2, 0) is 30.1 Å². The van der Waals surface area contributed by atoms with E-state index < -0.39 is 30.1 Å². The number of benzene rings is 4. The van der Waals surface area contributed by atoms with Crippen LogP contribution in [0.1, 0.15) is 19.3 Å². The van der Waals surface area contributed by atoms with Gasteiger partial charge in [0.2, 0.25) is 30.1 Å². The molecule has 41 heavy (non-hydrogen) atoms. The van der Waals surface area contributed by atoms with Crippen molar-refractivity contribution in [2.75, 3.05) is 57.0 Å². The number of sulfonamides is 3. The van der Waals surface area contributed by atoms with E-state index in [2.05, 4.69) is 14.2 Å². The molecule has 16 heteroatoms. The third-order valence-corrected chi connectivity index (χ3v) is 10.5. The molecule has 0 fully saturated rings. The lowest BCUT2D eigenvalue weighted by atomic mass is 9.91. The maximum Gasteiger partial charge on any atom is 0.232 e. The van der Waals surface area contributed by atoms with E-state index in [0.717, 1.165) is 0 Å². The van der Waals surface area contributed by atoms with Crippen LogP contribution in [0.2, 0.25) is 0 Å². The Balaban J connectivity index is 2.02. The number of nitrogens with two attached hydrogens (primary N) is 1. The number of hydrogen-bond acceptors (Lipinski definition) is 10. The Morgan fingerprint density at radius 3 is 1.22 bits per heavy atom. The van der Waals surface area contributed by atoms with Crippen LogP contribution in [0, 0.1) is 0 Å². The first-order chi connectivity index (χ1) is 19.3. The van der Waals surface area contributed by atoms with Crippen LogP contribution in [-0.4, -0.2) is 77.7 Å². The summed E-state index contributed by atoms with van der Waals surface area (Å²) in [4.78, 5) is 0. The molecule has 0 unspecified atom stereocenters. The van der Waals surface area contributed by atoms with Crippen LogP contribution in [0.15, 0.2) is 36.4 Å². The molecule has 0 saturated heterocycles. The number of nitrogen functional groups attached to an aromatic ring is 1. The topological polar surface area (TPSA) is 225 Å². The molecule has 0 spiro atoms. The standard InChI is InChI=1S/C25H32N4O9S3/c26-20-14-21(27-39(33,34)11-1-8-30)17-6-7-19-23(29-41(37,38)13-3-10-32)15-22(28-40(35,36)12-2-9-31)18-5-4-16(20)24(17)25(18)19/h4-7,14-15,27-32H,1-3,8-13,26H2. The highest BCUT2D eigenvalue weighted by Gasteiger charge is 2.23. The molecule has 0 aromatic heterocycles. The fraction of sp³-hybridized carbons (Fsp3) is 0.360. The second kappa shape index (κ2) is 12.0. The zero-order valence-corrected chi connectivity index (χ0v) is 24.4. The maximum absolute atomic E-state index is 12.8. The summed E-state index contributed by atoms with van der Waals surface area (Å²) in [6.45, 7) is -0.993. The number of aliphatic hydroxyl groups is 3. The minimum absolute atomic E-state index is 0.0157. The van der Waals surface area contributed by atoms with Crippen molar-refractivity contribution in [2.45, 2.75) is 19.3 Å². The van der Waals surface area contributed by atoms with Crippen molar-refractivity contribution in [3.63, 3.8) is 0 Å². The average molecular weight is 629 g/mol. The molecule has 0 aliphatic heterocycles. The summed E-state index contributed by atoms with van der Waals surface area (Å²) in [6.07, 6.45) is -0.00746. The van der Waals surface area contributed by atoms with Crippen LogP contribution in [0.4, 0.5) is 22.7 Å². The van der Waals surface area contributed by atoms with Gasteiger partial charge in [0, 0.05) is 57.8 Å². The highest BCUT2D eigenvalue weighted by Crippen LogP contribution is 2.45. The van der Waals surface area contributed by atoms with Gasteiger partial charge in [0.15, 0.2) is 0 Å². The normalized spacial score (nSPS) is 12.9. The van der Waals surface area contributed by atoms with E-state index in [1.165, 1.54) is 12.1 Å². The van der Waals surface area contributed by atoms with Gasteiger partial charge in [0.05, 0.1) is 34.3 Å². The summed E-state index contributed by atoms with van der Waals surface area (Å²) in [7, 11) is -11.7. The van der Waals surface area contributed by atoms with Crippen molar-refractivity contribution in [3.8, 4) is 0 Å². The average Bonchev–Trinajstić information content (AvgIpc) is 2.90. The molecule has 224 valence electrons. The van der Waals surface area contributed by atoms with E-state index in [-0.39, 0.29) is 79.1 Å². The molecule has 0 aliphatic carbocycles. The molecule has 0 aliphatic rings. The minimum atomic E-state index is -3.95. The van der Waals surface area contributed by atoms with Crippen molar-refractivity contribution >= 4 is 85.1 Å². The van der Waals surface area contributed by atoms with E-state index in [1.807, 2.05) is 0 Å². The second-order valence-electron chi connectivity index (χ2n) is 9.55. The lowest BCUT2D eigenvalue weighted by Gasteiger charge is -2.21. The molecule has 4 aromatic carbocycles. The van der Waals surface area contributed by atoms with Crippen molar-refractivity contribution in [1.82, 2.24) is 0 Å². The Kier molecular flexibility index (Phi) is 9.01. The molecule has 0 atom stereocenters. The Bertz CT molecular complexity index is 1840. The highest BCUT2D eigenvalue weighted by molar-refractivity contribution is 7.93. The molecule has 0 amide bonds. The summed E-state index contributed by atoms with van der Waals surface area (Å²) >= 11 is 0. The van der Waals surface area contributed by atoms with Crippen molar-refractivity contribution in [2.24, 2.45) is 0 Å². The molecule has 4 rings (SSSR count). The molecule has 13 nitrogen and oxygen atoms in total. The third-order valence-electron chi connectivity index (χ3n) is 6.44. The van der Waals surface area contributed by atoms with Crippen molar-refractivity contribution in [3.05, 3.63) is 36.4 Å². The molecule has 0 bridgehead atoms. The van der Waals surface area contributed by atoms with Gasteiger partial charge in [-0.25, -0.2) is 25.3 Å². The van der Waals surface area contributed by atoms with Crippen LogP contribution in [0.25, 0.3) is 32.3 Å². The summed E-state index contributed by atoms with van der Waals surface area (Å²) in [5.74, 6) is -1.09. The van der Waals surface area contributed by atoms with Gasteiger partial charge in [0.25, 0.3) is 0 Å². The fourth-order valence-electron chi connectivity index (χ4n) is 4.69. The highest BCUT2D eigenvalue weighted by atomic mass is 32.2. The summed E-state index contributed by atoms with van der Waals surface area (Å²) in [6, 6.07) is 9.34. The van der Waals surface area contributed by atoms with Gasteiger partial charge in [-0.05, 0) is 31.4 Å². The smallest absolute Gasteiger partial charge is 0.232 e. The first kappa shape index (κ1) is 30.8. The Morgan fingerprint density at radius 1 is 0.537 bits per heavy atom. The van der Waals surface area contributed by atoms with Crippen LogP contribution >= 0.6 is 0 Å². The van der Waals surface area contributed by atoms with Gasteiger partial charge in [0.1, 0.15) is 0 Å². The van der Waals surface area contributed by atoms with Gasteiger partial charge >= 0.3 is 0 Å². The van der Waals surface area contributed by atoms with Gasteiger partial charge in [-0.3, -0.25) is 14.2 Å². The predicted molar refractivity (Wildman–Crippen MR) is 162 cm³/mol. The van der Waals surface area contributed by atoms with E-state index >= 15 is 0 Å². The second-order valence-corrected chi connectivity index (χ2v) is 15.1. The van der Waals surface area contributed by atoms with Crippen molar-refractivity contribution < 1.29 is 40.6 Å². The molecular formula is C25H32N4O9S3. The Hall–Kier alpha value is -3.15. The molecule has 0 saturated carbocycles. The number of anilines is 4. The van der Waals surface area contributed by atoms with Crippen LogP contribution in [0.5, 0.6) is 0 Å². The third kappa shape index (κ3) is 6.85. The molecule has 0 heterocycles. The number of rotatable bonds is 15. The first-order valence-electron chi connectivity index (χ1n) is 12.7. The molecule has 0 radical (unpaired) electrons. The lowest BCUT2D eigenvalue weighted by molar-refractivity contribution is 0.295. The largest absolute Gasteiger partial charge is 0.398 e. The summed E-state index contributed by atoms with van der Waals surface area (Å²) < 4.78 is 84.0. The Labute approximate surface area is 237 Å². The van der Waals surface area contributed by atoms with Crippen molar-refractivity contribution in [1.29, 1.82) is 0 Å². The lowest BCUT2D eigenvalue weighted by Crippen LogP contribution is -2.20. The van der Waals surface area contributed by atoms with E-state index in [9.17, 15) is 25.3 Å². The summed E-state index contributed by atoms with van der Waals surface area (Å²) in [5, 5.41) is 30.0. The quantitative estimate of drug-likeness (QED) is 0.0742. The van der Waals surface area contributed by atoms with E-state index in [4.69, 9.17) is 21.1 Å². The minimum Gasteiger partial charge on any atom is -0.398 e. The van der Waals surface area contributed by atoms with Gasteiger partial charge < -0.3 is 21.1 Å². The first-order valence-corrected chi connectivity index (χ1v) is 17.6. The number of nitrogens with one attached hydrogen (secondary N) is 3. The monoisotopic (exact) mass is 628 g/mol. The van der Waals surface area contributed by atoms with Gasteiger partial charge in [-0.15, -0.1) is 0 Å².